The normalized spacial score (nSPS) is 13.1. The maximum atomic E-state index is 12.5. The number of carbonyl (C=O) groups excluding carboxylic acids is 3. The summed E-state index contributed by atoms with van der Waals surface area (Å²) in [6.07, 6.45) is 5.03. The summed E-state index contributed by atoms with van der Waals surface area (Å²) in [5.41, 5.74) is -0.797. The monoisotopic (exact) mass is 356 g/mol. The average Bonchev–Trinajstić information content (AvgIpc) is 2.48. The van der Waals surface area contributed by atoms with E-state index in [-0.39, 0.29) is 18.8 Å². The molecule has 0 heterocycles. The van der Waals surface area contributed by atoms with Gasteiger partial charge in [0.25, 0.3) is 0 Å². The summed E-state index contributed by atoms with van der Waals surface area (Å²) >= 11 is 0. The number of rotatable bonds is 10. The second-order valence-corrected chi connectivity index (χ2v) is 6.59. The molecule has 0 aromatic carbocycles. The molecule has 0 bridgehead atoms. The van der Waals surface area contributed by atoms with Crippen LogP contribution in [-0.2, 0) is 28.6 Å². The van der Waals surface area contributed by atoms with Crippen LogP contribution in [0.25, 0.3) is 0 Å². The third kappa shape index (κ3) is 9.27. The molecule has 0 aliphatic carbocycles. The molecule has 144 valence electrons. The molecule has 6 nitrogen and oxygen atoms in total. The van der Waals surface area contributed by atoms with Crippen LogP contribution >= 0.6 is 0 Å². The van der Waals surface area contributed by atoms with E-state index in [0.717, 1.165) is 19.3 Å². The Morgan fingerprint density at radius 1 is 0.920 bits per heavy atom. The van der Waals surface area contributed by atoms with Crippen LogP contribution < -0.4 is 0 Å². The lowest BCUT2D eigenvalue weighted by Crippen LogP contribution is -2.37. The predicted octanol–water partition coefficient (Wildman–Crippen LogP) is 3.58. The highest BCUT2D eigenvalue weighted by atomic mass is 16.6. The molecule has 0 spiro atoms. The summed E-state index contributed by atoms with van der Waals surface area (Å²) in [4.78, 5) is 37.2. The van der Waals surface area contributed by atoms with Crippen LogP contribution in [0.3, 0.4) is 0 Å². The van der Waals surface area contributed by atoms with Gasteiger partial charge in [0.05, 0.1) is 18.8 Å². The fourth-order valence-corrected chi connectivity index (χ4v) is 2.12. The van der Waals surface area contributed by atoms with Gasteiger partial charge in [-0.1, -0.05) is 25.8 Å². The molecule has 0 saturated heterocycles. The lowest BCUT2D eigenvalue weighted by atomic mass is 9.96. The molecule has 6 heteroatoms. The van der Waals surface area contributed by atoms with Crippen LogP contribution in [0.4, 0.5) is 0 Å². The molecule has 0 saturated carbocycles. The average molecular weight is 356 g/mol. The van der Waals surface area contributed by atoms with E-state index in [1.54, 1.807) is 40.7 Å². The van der Waals surface area contributed by atoms with Crippen molar-refractivity contribution in [2.75, 3.05) is 13.2 Å². The number of ether oxygens (including phenoxy) is 3. The molecule has 0 aromatic rings. The first kappa shape index (κ1) is 23.1. The standard InChI is InChI=1S/C19H32O6/c1-7-10-11-12-13-14(16(20)23-8-2)15(17(21)24-9-3)18(22)25-19(4,5)6/h13,15H,7-12H2,1-6H3/b14-13+. The van der Waals surface area contributed by atoms with Crippen LogP contribution in [0.1, 0.15) is 67.2 Å². The first-order chi connectivity index (χ1) is 11.7. The third-order valence-electron chi connectivity index (χ3n) is 3.16. The summed E-state index contributed by atoms with van der Waals surface area (Å²) in [5.74, 6) is -3.73. The molecule has 0 aromatic heterocycles. The van der Waals surface area contributed by atoms with Crippen LogP contribution in [0.15, 0.2) is 11.6 Å². The Labute approximate surface area is 150 Å². The fourth-order valence-electron chi connectivity index (χ4n) is 2.12. The number of hydrogen-bond donors (Lipinski definition) is 0. The minimum Gasteiger partial charge on any atom is -0.465 e. The Kier molecular flexibility index (Phi) is 10.8. The summed E-state index contributed by atoms with van der Waals surface area (Å²) in [5, 5.41) is 0. The van der Waals surface area contributed by atoms with Gasteiger partial charge in [0.2, 0.25) is 0 Å². The van der Waals surface area contributed by atoms with Crippen LogP contribution in [-0.4, -0.2) is 36.7 Å². The quantitative estimate of drug-likeness (QED) is 0.196. The Bertz CT molecular complexity index is 473. The third-order valence-corrected chi connectivity index (χ3v) is 3.16. The molecular formula is C19H32O6. The van der Waals surface area contributed by atoms with E-state index in [0.29, 0.717) is 6.42 Å². The second kappa shape index (κ2) is 11.7. The molecule has 1 unspecified atom stereocenters. The Hall–Kier alpha value is -1.85. The molecule has 0 aliphatic rings. The zero-order valence-electron chi connectivity index (χ0n) is 16.3. The molecule has 25 heavy (non-hydrogen) atoms. The predicted molar refractivity (Wildman–Crippen MR) is 94.8 cm³/mol. The number of esters is 3. The second-order valence-electron chi connectivity index (χ2n) is 6.59. The first-order valence-electron chi connectivity index (χ1n) is 8.94. The smallest absolute Gasteiger partial charge is 0.335 e. The van der Waals surface area contributed by atoms with Gasteiger partial charge in [0, 0.05) is 0 Å². The summed E-state index contributed by atoms with van der Waals surface area (Å²) in [7, 11) is 0. The molecule has 1 atom stereocenters. The topological polar surface area (TPSA) is 78.9 Å². The Balaban J connectivity index is 5.66. The van der Waals surface area contributed by atoms with Crippen LogP contribution in [0.2, 0.25) is 0 Å². The van der Waals surface area contributed by atoms with Crippen molar-refractivity contribution < 1.29 is 28.6 Å². The van der Waals surface area contributed by atoms with Crippen molar-refractivity contribution in [1.29, 1.82) is 0 Å². The number of carbonyl (C=O) groups is 3. The fraction of sp³-hybridized carbons (Fsp3) is 0.737. The first-order valence-corrected chi connectivity index (χ1v) is 8.94. The zero-order chi connectivity index (χ0) is 19.5. The van der Waals surface area contributed by atoms with E-state index in [1.807, 2.05) is 0 Å². The minimum absolute atomic E-state index is 0.00865. The van der Waals surface area contributed by atoms with E-state index in [4.69, 9.17) is 14.2 Å². The van der Waals surface area contributed by atoms with Crippen molar-refractivity contribution in [1.82, 2.24) is 0 Å². The number of allylic oxidation sites excluding steroid dienone is 1. The molecule has 0 N–H and O–H groups in total. The maximum Gasteiger partial charge on any atom is 0.335 e. The van der Waals surface area contributed by atoms with Gasteiger partial charge in [0.15, 0.2) is 5.92 Å². The Morgan fingerprint density at radius 2 is 1.52 bits per heavy atom. The van der Waals surface area contributed by atoms with Gasteiger partial charge >= 0.3 is 17.9 Å². The van der Waals surface area contributed by atoms with E-state index < -0.39 is 29.4 Å². The van der Waals surface area contributed by atoms with Gasteiger partial charge in [-0.15, -0.1) is 0 Å². The lowest BCUT2D eigenvalue weighted by Gasteiger charge is -2.24. The van der Waals surface area contributed by atoms with Crippen molar-refractivity contribution in [2.24, 2.45) is 5.92 Å². The molecule has 0 rings (SSSR count). The molecule has 0 fully saturated rings. The SMILES string of the molecule is CCCCC/C=C(/C(=O)OCC)C(C(=O)OCC)C(=O)OC(C)(C)C. The highest BCUT2D eigenvalue weighted by Crippen LogP contribution is 2.22. The molecule has 0 amide bonds. The van der Waals surface area contributed by atoms with E-state index in [9.17, 15) is 14.4 Å². The van der Waals surface area contributed by atoms with Crippen LogP contribution in [0.5, 0.6) is 0 Å². The summed E-state index contributed by atoms with van der Waals surface area (Å²) in [6.45, 7) is 10.7. The van der Waals surface area contributed by atoms with Gasteiger partial charge in [-0.05, 0) is 47.5 Å². The minimum atomic E-state index is -1.43. The van der Waals surface area contributed by atoms with Crippen molar-refractivity contribution in [2.45, 2.75) is 72.8 Å². The van der Waals surface area contributed by atoms with Crippen molar-refractivity contribution in [3.05, 3.63) is 11.6 Å². The van der Waals surface area contributed by atoms with Gasteiger partial charge in [-0.25, -0.2) is 4.79 Å². The van der Waals surface area contributed by atoms with E-state index in [2.05, 4.69) is 6.92 Å². The summed E-state index contributed by atoms with van der Waals surface area (Å²) in [6, 6.07) is 0. The van der Waals surface area contributed by atoms with Crippen molar-refractivity contribution in [3.63, 3.8) is 0 Å². The van der Waals surface area contributed by atoms with Crippen molar-refractivity contribution in [3.8, 4) is 0 Å². The molecule has 0 aliphatic heterocycles. The van der Waals surface area contributed by atoms with Gasteiger partial charge < -0.3 is 14.2 Å². The number of hydrogen-bond acceptors (Lipinski definition) is 6. The Morgan fingerprint density at radius 3 is 2.00 bits per heavy atom. The highest BCUT2D eigenvalue weighted by molar-refractivity contribution is 6.07. The van der Waals surface area contributed by atoms with Gasteiger partial charge in [0.1, 0.15) is 5.60 Å². The van der Waals surface area contributed by atoms with Crippen LogP contribution in [0, 0.1) is 5.92 Å². The molecular weight excluding hydrogens is 324 g/mol. The molecule has 0 radical (unpaired) electrons. The number of unbranched alkanes of at least 4 members (excludes halogenated alkanes) is 3. The van der Waals surface area contributed by atoms with Crippen molar-refractivity contribution >= 4 is 17.9 Å². The van der Waals surface area contributed by atoms with Gasteiger partial charge in [-0.3, -0.25) is 9.59 Å². The van der Waals surface area contributed by atoms with E-state index in [1.165, 1.54) is 0 Å². The lowest BCUT2D eigenvalue weighted by molar-refractivity contribution is -0.168. The highest BCUT2D eigenvalue weighted by Gasteiger charge is 2.39. The maximum absolute atomic E-state index is 12.5. The summed E-state index contributed by atoms with van der Waals surface area (Å²) < 4.78 is 15.3. The van der Waals surface area contributed by atoms with E-state index >= 15 is 0 Å². The van der Waals surface area contributed by atoms with Gasteiger partial charge in [-0.2, -0.15) is 0 Å². The zero-order valence-corrected chi connectivity index (χ0v) is 16.3. The largest absolute Gasteiger partial charge is 0.465 e.